The van der Waals surface area contributed by atoms with Crippen LogP contribution in [0.25, 0.3) is 0 Å². The summed E-state index contributed by atoms with van der Waals surface area (Å²) >= 11 is 1.58. The first kappa shape index (κ1) is 17.7. The Kier molecular flexibility index (Phi) is 5.23. The molecule has 1 aromatic carbocycles. The lowest BCUT2D eigenvalue weighted by molar-refractivity contribution is -0.116. The number of anilines is 1. The number of hydrogen-bond donors (Lipinski definition) is 1. The summed E-state index contributed by atoms with van der Waals surface area (Å²) < 4.78 is 0. The topological polar surface area (TPSA) is 49.4 Å². The lowest BCUT2D eigenvalue weighted by Gasteiger charge is -2.16. The minimum Gasteiger partial charge on any atom is -0.332 e. The number of nitrogens with one attached hydrogen (secondary N) is 1. The van der Waals surface area contributed by atoms with Crippen molar-refractivity contribution in [3.05, 3.63) is 51.2 Å². The van der Waals surface area contributed by atoms with Gasteiger partial charge in [-0.3, -0.25) is 9.59 Å². The van der Waals surface area contributed by atoms with Crippen LogP contribution in [0.5, 0.6) is 0 Å². The fraction of sp³-hybridized carbons (Fsp3) is 0.400. The first-order valence-corrected chi connectivity index (χ1v) is 9.47. The normalized spacial score (nSPS) is 16.2. The summed E-state index contributed by atoms with van der Waals surface area (Å²) in [7, 11) is 1.68. The van der Waals surface area contributed by atoms with Gasteiger partial charge < -0.3 is 10.2 Å². The molecule has 3 rings (SSSR count). The van der Waals surface area contributed by atoms with Gasteiger partial charge in [0.2, 0.25) is 5.91 Å². The molecule has 0 saturated carbocycles. The number of carbonyl (C=O) groups is 2. The van der Waals surface area contributed by atoms with Crippen LogP contribution in [0.4, 0.5) is 5.69 Å². The third-order valence-electron chi connectivity index (χ3n) is 4.60. The number of carbonyl (C=O) groups excluding carboxylic acids is 2. The minimum absolute atomic E-state index is 0.0473. The number of rotatable bonds is 4. The van der Waals surface area contributed by atoms with E-state index in [0.29, 0.717) is 5.92 Å². The SMILES string of the molecule is Cc1ccc(NC(=O)CN(C)C(=O)c2cc3c(s2)CCC(C)C3)cc1. The summed E-state index contributed by atoms with van der Waals surface area (Å²) in [6.45, 7) is 4.30. The number of likely N-dealkylation sites (N-methyl/N-ethyl adjacent to an activating group) is 1. The van der Waals surface area contributed by atoms with Gasteiger partial charge in [-0.05, 0) is 55.9 Å². The van der Waals surface area contributed by atoms with Crippen LogP contribution in [0.1, 0.15) is 39.0 Å². The highest BCUT2D eigenvalue weighted by Crippen LogP contribution is 2.32. The van der Waals surface area contributed by atoms with E-state index in [4.69, 9.17) is 0 Å². The second-order valence-electron chi connectivity index (χ2n) is 6.98. The van der Waals surface area contributed by atoms with Gasteiger partial charge in [0, 0.05) is 17.6 Å². The molecule has 0 bridgehead atoms. The van der Waals surface area contributed by atoms with E-state index in [-0.39, 0.29) is 18.4 Å². The van der Waals surface area contributed by atoms with E-state index in [1.165, 1.54) is 21.8 Å². The van der Waals surface area contributed by atoms with Gasteiger partial charge in [-0.1, -0.05) is 24.6 Å². The zero-order valence-electron chi connectivity index (χ0n) is 15.0. The number of hydrogen-bond acceptors (Lipinski definition) is 3. The average Bonchev–Trinajstić information content (AvgIpc) is 2.99. The van der Waals surface area contributed by atoms with E-state index in [9.17, 15) is 9.59 Å². The Morgan fingerprint density at radius 1 is 1.28 bits per heavy atom. The maximum Gasteiger partial charge on any atom is 0.264 e. The molecule has 1 N–H and O–H groups in total. The van der Waals surface area contributed by atoms with Gasteiger partial charge in [-0.2, -0.15) is 0 Å². The van der Waals surface area contributed by atoms with E-state index in [1.54, 1.807) is 18.4 Å². The van der Waals surface area contributed by atoms with Gasteiger partial charge in [-0.15, -0.1) is 11.3 Å². The minimum atomic E-state index is -0.186. The molecule has 132 valence electrons. The fourth-order valence-corrected chi connectivity index (χ4v) is 4.33. The van der Waals surface area contributed by atoms with Crippen molar-refractivity contribution < 1.29 is 9.59 Å². The lowest BCUT2D eigenvalue weighted by atomic mass is 9.90. The van der Waals surface area contributed by atoms with Crippen molar-refractivity contribution in [3.63, 3.8) is 0 Å². The van der Waals surface area contributed by atoms with Crippen molar-refractivity contribution in [3.8, 4) is 0 Å². The summed E-state index contributed by atoms with van der Waals surface area (Å²) in [6, 6.07) is 9.64. The van der Waals surface area contributed by atoms with Crippen LogP contribution in [-0.4, -0.2) is 30.3 Å². The first-order valence-electron chi connectivity index (χ1n) is 8.66. The predicted molar refractivity (Wildman–Crippen MR) is 102 cm³/mol. The van der Waals surface area contributed by atoms with E-state index < -0.39 is 0 Å². The summed E-state index contributed by atoms with van der Waals surface area (Å²) in [6.07, 6.45) is 3.30. The molecule has 2 aromatic rings. The molecule has 0 saturated heterocycles. The van der Waals surface area contributed by atoms with Crippen LogP contribution in [0, 0.1) is 12.8 Å². The molecule has 1 atom stereocenters. The predicted octanol–water partition coefficient (Wildman–Crippen LogP) is 3.89. The molecule has 4 nitrogen and oxygen atoms in total. The van der Waals surface area contributed by atoms with Crippen molar-refractivity contribution in [2.24, 2.45) is 5.92 Å². The summed E-state index contributed by atoms with van der Waals surface area (Å²) in [5.41, 5.74) is 3.20. The van der Waals surface area contributed by atoms with Gasteiger partial charge >= 0.3 is 0 Å². The van der Waals surface area contributed by atoms with Gasteiger partial charge in [0.15, 0.2) is 0 Å². The van der Waals surface area contributed by atoms with Crippen molar-refractivity contribution >= 4 is 28.8 Å². The maximum absolute atomic E-state index is 12.6. The molecule has 0 radical (unpaired) electrons. The zero-order valence-corrected chi connectivity index (χ0v) is 15.8. The smallest absolute Gasteiger partial charge is 0.264 e. The fourth-order valence-electron chi connectivity index (χ4n) is 3.12. The number of thiophene rings is 1. The molecule has 1 aromatic heterocycles. The van der Waals surface area contributed by atoms with Crippen LogP contribution in [0.15, 0.2) is 30.3 Å². The third-order valence-corrected chi connectivity index (χ3v) is 5.83. The third kappa shape index (κ3) is 4.28. The summed E-state index contributed by atoms with van der Waals surface area (Å²) in [4.78, 5) is 28.4. The molecule has 1 aliphatic rings. The van der Waals surface area contributed by atoms with E-state index in [0.717, 1.165) is 29.0 Å². The molecule has 25 heavy (non-hydrogen) atoms. The van der Waals surface area contributed by atoms with Gasteiger partial charge in [-0.25, -0.2) is 0 Å². The Hall–Kier alpha value is -2.14. The van der Waals surface area contributed by atoms with Gasteiger partial charge in [0.25, 0.3) is 5.91 Å². The van der Waals surface area contributed by atoms with Gasteiger partial charge in [0.05, 0.1) is 11.4 Å². The highest BCUT2D eigenvalue weighted by molar-refractivity contribution is 7.14. The molecule has 1 unspecified atom stereocenters. The second-order valence-corrected chi connectivity index (χ2v) is 8.12. The van der Waals surface area contributed by atoms with Crippen LogP contribution in [-0.2, 0) is 17.6 Å². The van der Waals surface area contributed by atoms with E-state index >= 15 is 0 Å². The number of aryl methyl sites for hydroxylation is 2. The Labute approximate surface area is 152 Å². The molecule has 0 spiro atoms. The first-order chi connectivity index (χ1) is 11.9. The van der Waals surface area contributed by atoms with Crippen molar-refractivity contribution in [2.75, 3.05) is 18.9 Å². The molecule has 0 fully saturated rings. The van der Waals surface area contributed by atoms with Crippen molar-refractivity contribution in [1.29, 1.82) is 0 Å². The average molecular weight is 356 g/mol. The number of benzene rings is 1. The van der Waals surface area contributed by atoms with Crippen LogP contribution in [0.2, 0.25) is 0 Å². The standard InChI is InChI=1S/C20H24N2O2S/c1-13-4-7-16(8-5-13)21-19(23)12-22(3)20(24)18-11-15-10-14(2)6-9-17(15)25-18/h4-5,7-8,11,14H,6,9-10,12H2,1-3H3,(H,21,23). The van der Waals surface area contributed by atoms with Crippen molar-refractivity contribution in [1.82, 2.24) is 4.90 Å². The van der Waals surface area contributed by atoms with E-state index in [2.05, 4.69) is 12.2 Å². The number of fused-ring (bicyclic) bond motifs is 1. The molecular weight excluding hydrogens is 332 g/mol. The van der Waals surface area contributed by atoms with Crippen molar-refractivity contribution in [2.45, 2.75) is 33.1 Å². The highest BCUT2D eigenvalue weighted by Gasteiger charge is 2.23. The molecular formula is C20H24N2O2S. The molecule has 1 heterocycles. The Morgan fingerprint density at radius 3 is 2.72 bits per heavy atom. The molecule has 5 heteroatoms. The summed E-state index contributed by atoms with van der Waals surface area (Å²) in [5.74, 6) is 0.420. The van der Waals surface area contributed by atoms with Crippen LogP contribution >= 0.6 is 11.3 Å². The Balaban J connectivity index is 1.60. The van der Waals surface area contributed by atoms with Crippen LogP contribution < -0.4 is 5.32 Å². The molecule has 2 amide bonds. The monoisotopic (exact) mass is 356 g/mol. The number of amides is 2. The lowest BCUT2D eigenvalue weighted by Crippen LogP contribution is -2.34. The Bertz CT molecular complexity index is 779. The molecule has 0 aliphatic heterocycles. The van der Waals surface area contributed by atoms with Crippen LogP contribution in [0.3, 0.4) is 0 Å². The quantitative estimate of drug-likeness (QED) is 0.903. The summed E-state index contributed by atoms with van der Waals surface area (Å²) in [5, 5.41) is 2.83. The van der Waals surface area contributed by atoms with E-state index in [1.807, 2.05) is 37.3 Å². The number of nitrogens with zero attached hydrogens (tertiary/aromatic N) is 1. The van der Waals surface area contributed by atoms with Gasteiger partial charge in [0.1, 0.15) is 0 Å². The highest BCUT2D eigenvalue weighted by atomic mass is 32.1. The Morgan fingerprint density at radius 2 is 2.00 bits per heavy atom. The largest absolute Gasteiger partial charge is 0.332 e. The maximum atomic E-state index is 12.6. The second kappa shape index (κ2) is 7.40. The molecule has 1 aliphatic carbocycles. The zero-order chi connectivity index (χ0) is 18.0.